The largest absolute Gasteiger partial charge is 0.366 e. The highest BCUT2D eigenvalue weighted by Gasteiger charge is 2.29. The maximum atomic E-state index is 13.9. The molecule has 1 aliphatic carbocycles. The third-order valence-corrected chi connectivity index (χ3v) is 5.30. The number of halogens is 1. The lowest BCUT2D eigenvalue weighted by Gasteiger charge is -2.37. The Morgan fingerprint density at radius 3 is 2.36 bits per heavy atom. The van der Waals surface area contributed by atoms with Gasteiger partial charge in [0.05, 0.1) is 12.2 Å². The molecule has 136 valence electrons. The summed E-state index contributed by atoms with van der Waals surface area (Å²) in [5, 5.41) is 0. The zero-order valence-electron chi connectivity index (χ0n) is 14.8. The van der Waals surface area contributed by atoms with Crippen LogP contribution < -0.4 is 4.90 Å². The molecule has 0 radical (unpaired) electrons. The summed E-state index contributed by atoms with van der Waals surface area (Å²) in [5.74, 6) is -0.258. The van der Waals surface area contributed by atoms with Gasteiger partial charge in [-0.25, -0.2) is 4.39 Å². The lowest BCUT2D eigenvalue weighted by molar-refractivity contribution is -0.141. The molecule has 25 heavy (non-hydrogen) atoms. The topological polar surface area (TPSA) is 43.9 Å². The average molecular weight is 347 g/mol. The van der Waals surface area contributed by atoms with Gasteiger partial charge in [0.1, 0.15) is 5.82 Å². The van der Waals surface area contributed by atoms with Crippen molar-refractivity contribution in [2.75, 3.05) is 37.6 Å². The summed E-state index contributed by atoms with van der Waals surface area (Å²) in [6.07, 6.45) is 4.25. The summed E-state index contributed by atoms with van der Waals surface area (Å²) in [4.78, 5) is 30.0. The third-order valence-electron chi connectivity index (χ3n) is 5.30. The number of rotatable bonds is 4. The number of hydrogen-bond acceptors (Lipinski definition) is 3. The van der Waals surface area contributed by atoms with E-state index in [1.165, 1.54) is 6.07 Å². The fraction of sp³-hybridized carbons (Fsp3) is 0.579. The molecule has 1 aliphatic heterocycles. The average Bonchev–Trinajstić information content (AvgIpc) is 3.14. The van der Waals surface area contributed by atoms with Crippen LogP contribution >= 0.6 is 0 Å². The first kappa shape index (κ1) is 17.7. The number of para-hydroxylation sites is 1. The molecule has 0 atom stereocenters. The lowest BCUT2D eigenvalue weighted by Crippen LogP contribution is -2.53. The van der Waals surface area contributed by atoms with Crippen molar-refractivity contribution in [1.29, 1.82) is 0 Å². The molecule has 0 bridgehead atoms. The molecule has 2 aliphatic rings. The van der Waals surface area contributed by atoms with E-state index >= 15 is 0 Å². The zero-order chi connectivity index (χ0) is 17.8. The van der Waals surface area contributed by atoms with Gasteiger partial charge in [-0.05, 0) is 25.0 Å². The molecule has 0 aromatic heterocycles. The van der Waals surface area contributed by atoms with Crippen molar-refractivity contribution in [3.8, 4) is 0 Å². The van der Waals surface area contributed by atoms with E-state index in [9.17, 15) is 14.0 Å². The van der Waals surface area contributed by atoms with Crippen LogP contribution in [0.15, 0.2) is 24.3 Å². The lowest BCUT2D eigenvalue weighted by atomic mass is 10.2. The molecule has 5 nitrogen and oxygen atoms in total. The van der Waals surface area contributed by atoms with Crippen LogP contribution in [0.2, 0.25) is 0 Å². The van der Waals surface area contributed by atoms with E-state index < -0.39 is 0 Å². The van der Waals surface area contributed by atoms with E-state index in [0.717, 1.165) is 25.7 Å². The molecule has 1 aromatic carbocycles. The number of carbonyl (C=O) groups excluding carboxylic acids is 2. The van der Waals surface area contributed by atoms with Gasteiger partial charge >= 0.3 is 0 Å². The van der Waals surface area contributed by atoms with E-state index in [2.05, 4.69) is 0 Å². The maximum Gasteiger partial charge on any atom is 0.242 e. The first-order valence-corrected chi connectivity index (χ1v) is 9.10. The number of piperazine rings is 1. The Morgan fingerprint density at radius 2 is 1.76 bits per heavy atom. The Balaban J connectivity index is 1.56. The summed E-state index contributed by atoms with van der Waals surface area (Å²) in [7, 11) is 0. The van der Waals surface area contributed by atoms with Crippen LogP contribution in [0.25, 0.3) is 0 Å². The van der Waals surface area contributed by atoms with Crippen molar-refractivity contribution < 1.29 is 14.0 Å². The zero-order valence-corrected chi connectivity index (χ0v) is 14.8. The Morgan fingerprint density at radius 1 is 1.12 bits per heavy atom. The minimum atomic E-state index is -0.230. The summed E-state index contributed by atoms with van der Waals surface area (Å²) in [5.41, 5.74) is 0.589. The summed E-state index contributed by atoms with van der Waals surface area (Å²) in [6, 6.07) is 6.94. The minimum Gasteiger partial charge on any atom is -0.366 e. The Kier molecular flexibility index (Phi) is 5.56. The number of benzene rings is 1. The smallest absolute Gasteiger partial charge is 0.242 e. The van der Waals surface area contributed by atoms with Crippen molar-refractivity contribution in [2.45, 2.75) is 38.6 Å². The van der Waals surface area contributed by atoms with E-state index in [4.69, 9.17) is 0 Å². The Bertz CT molecular complexity index is 623. The number of anilines is 1. The molecule has 2 amide bonds. The minimum absolute atomic E-state index is 0.00437. The van der Waals surface area contributed by atoms with Crippen LogP contribution in [0.3, 0.4) is 0 Å². The van der Waals surface area contributed by atoms with E-state index in [-0.39, 0.29) is 30.2 Å². The van der Waals surface area contributed by atoms with Gasteiger partial charge in [0.2, 0.25) is 11.8 Å². The monoisotopic (exact) mass is 347 g/mol. The molecule has 1 saturated heterocycles. The quantitative estimate of drug-likeness (QED) is 0.839. The molecule has 2 fully saturated rings. The molecule has 1 saturated carbocycles. The van der Waals surface area contributed by atoms with Crippen LogP contribution in [-0.4, -0.2) is 60.4 Å². The van der Waals surface area contributed by atoms with Crippen LogP contribution in [-0.2, 0) is 9.59 Å². The highest BCUT2D eigenvalue weighted by atomic mass is 19.1. The SMILES string of the molecule is CC(=O)N(CC(=O)N1CCN(c2ccccc2F)CC1)C1CCCC1. The normalized spacial score (nSPS) is 18.5. The van der Waals surface area contributed by atoms with Gasteiger partial charge in [-0.15, -0.1) is 0 Å². The van der Waals surface area contributed by atoms with E-state index in [0.29, 0.717) is 31.9 Å². The highest BCUT2D eigenvalue weighted by molar-refractivity contribution is 5.84. The molecule has 0 unspecified atom stereocenters. The molecule has 0 spiro atoms. The molecule has 6 heteroatoms. The standard InChI is InChI=1S/C19H26FN3O2/c1-15(24)23(16-6-2-3-7-16)14-19(25)22-12-10-21(11-13-22)18-9-5-4-8-17(18)20/h4-5,8-9,16H,2-3,6-7,10-14H2,1H3. The number of amides is 2. The predicted molar refractivity (Wildman–Crippen MR) is 94.8 cm³/mol. The fourth-order valence-electron chi connectivity index (χ4n) is 3.86. The van der Waals surface area contributed by atoms with E-state index in [1.54, 1.807) is 28.9 Å². The third kappa shape index (κ3) is 4.11. The van der Waals surface area contributed by atoms with Crippen LogP contribution in [0, 0.1) is 5.82 Å². The molecule has 1 aromatic rings. The van der Waals surface area contributed by atoms with Crippen molar-refractivity contribution in [1.82, 2.24) is 9.80 Å². The van der Waals surface area contributed by atoms with Crippen molar-refractivity contribution >= 4 is 17.5 Å². The Labute approximate surface area is 148 Å². The molecular formula is C19H26FN3O2. The van der Waals surface area contributed by atoms with Crippen LogP contribution in [0.1, 0.15) is 32.6 Å². The second-order valence-electron chi connectivity index (χ2n) is 6.90. The van der Waals surface area contributed by atoms with Gasteiger partial charge < -0.3 is 14.7 Å². The predicted octanol–water partition coefficient (Wildman–Crippen LogP) is 2.27. The maximum absolute atomic E-state index is 13.9. The van der Waals surface area contributed by atoms with Gasteiger partial charge in [0.25, 0.3) is 0 Å². The second-order valence-corrected chi connectivity index (χ2v) is 6.90. The number of carbonyl (C=O) groups is 2. The summed E-state index contributed by atoms with van der Waals surface area (Å²) < 4.78 is 13.9. The highest BCUT2D eigenvalue weighted by Crippen LogP contribution is 2.24. The van der Waals surface area contributed by atoms with Gasteiger partial charge in [-0.1, -0.05) is 25.0 Å². The van der Waals surface area contributed by atoms with Crippen LogP contribution in [0.4, 0.5) is 10.1 Å². The van der Waals surface area contributed by atoms with E-state index in [1.807, 2.05) is 11.0 Å². The van der Waals surface area contributed by atoms with Gasteiger partial charge in [0.15, 0.2) is 0 Å². The second kappa shape index (κ2) is 7.85. The Hall–Kier alpha value is -2.11. The van der Waals surface area contributed by atoms with Crippen molar-refractivity contribution in [3.05, 3.63) is 30.1 Å². The first-order valence-electron chi connectivity index (χ1n) is 9.10. The molecule has 3 rings (SSSR count). The van der Waals surface area contributed by atoms with Crippen LogP contribution in [0.5, 0.6) is 0 Å². The van der Waals surface area contributed by atoms with Gasteiger partial charge in [-0.2, -0.15) is 0 Å². The van der Waals surface area contributed by atoms with Gasteiger partial charge in [0, 0.05) is 39.1 Å². The number of nitrogens with zero attached hydrogens (tertiary/aromatic N) is 3. The number of hydrogen-bond donors (Lipinski definition) is 0. The van der Waals surface area contributed by atoms with Crippen molar-refractivity contribution in [2.24, 2.45) is 0 Å². The molecular weight excluding hydrogens is 321 g/mol. The fourth-order valence-corrected chi connectivity index (χ4v) is 3.86. The van der Waals surface area contributed by atoms with Crippen molar-refractivity contribution in [3.63, 3.8) is 0 Å². The first-order chi connectivity index (χ1) is 12.1. The molecule has 1 heterocycles. The van der Waals surface area contributed by atoms with Gasteiger partial charge in [-0.3, -0.25) is 9.59 Å². The summed E-state index contributed by atoms with van der Waals surface area (Å²) >= 11 is 0. The summed E-state index contributed by atoms with van der Waals surface area (Å²) in [6.45, 7) is 4.04. The molecule has 0 N–H and O–H groups in total.